The van der Waals surface area contributed by atoms with Crippen LogP contribution in [0.25, 0.3) is 0 Å². The number of nitrogens with zero attached hydrogens (tertiary/aromatic N) is 1. The lowest BCUT2D eigenvalue weighted by Gasteiger charge is -2.33. The summed E-state index contributed by atoms with van der Waals surface area (Å²) in [6, 6.07) is 6.11. The predicted molar refractivity (Wildman–Crippen MR) is 72.9 cm³/mol. The smallest absolute Gasteiger partial charge is 0.299 e. The fourth-order valence-corrected chi connectivity index (χ4v) is 3.06. The summed E-state index contributed by atoms with van der Waals surface area (Å²) in [5.74, 6) is -1.12. The lowest BCUT2D eigenvalue weighted by molar-refractivity contribution is -0.185. The summed E-state index contributed by atoms with van der Waals surface area (Å²) in [6.45, 7) is 3.77. The van der Waals surface area contributed by atoms with E-state index in [1.165, 1.54) is 5.56 Å². The Labute approximate surface area is 119 Å². The highest BCUT2D eigenvalue weighted by Crippen LogP contribution is 2.34. The van der Waals surface area contributed by atoms with Gasteiger partial charge in [-0.15, -0.1) is 0 Å². The largest absolute Gasteiger partial charge is 0.391 e. The minimum Gasteiger partial charge on any atom is -0.299 e. The molecule has 0 spiro atoms. The molecule has 1 nitrogen and oxygen atoms in total. The minimum atomic E-state index is -4.03. The van der Waals surface area contributed by atoms with Crippen molar-refractivity contribution in [3.8, 4) is 0 Å². The van der Waals surface area contributed by atoms with Crippen molar-refractivity contribution in [1.29, 1.82) is 0 Å². The number of likely N-dealkylation sites (tertiary alicyclic amines) is 1. The molecule has 0 aliphatic carbocycles. The van der Waals surface area contributed by atoms with Gasteiger partial charge in [0.05, 0.1) is 5.92 Å². The van der Waals surface area contributed by atoms with Crippen LogP contribution in [-0.2, 0) is 6.54 Å². The van der Waals surface area contributed by atoms with E-state index in [2.05, 4.69) is 20.8 Å². The minimum absolute atomic E-state index is 0.215. The van der Waals surface area contributed by atoms with Gasteiger partial charge in [0, 0.05) is 11.0 Å². The van der Waals surface area contributed by atoms with E-state index in [4.69, 9.17) is 0 Å². The summed E-state index contributed by atoms with van der Waals surface area (Å²) in [5, 5.41) is 0. The molecule has 5 heteroatoms. The van der Waals surface area contributed by atoms with Crippen molar-refractivity contribution in [2.75, 3.05) is 13.1 Å². The number of hydrogen-bond donors (Lipinski definition) is 0. The molecule has 1 aliphatic heterocycles. The molecule has 0 radical (unpaired) electrons. The van der Waals surface area contributed by atoms with Crippen LogP contribution in [0.1, 0.15) is 24.0 Å². The highest BCUT2D eigenvalue weighted by molar-refractivity contribution is 9.10. The molecule has 1 fully saturated rings. The first kappa shape index (κ1) is 14.9. The Kier molecular flexibility index (Phi) is 4.56. The lowest BCUT2D eigenvalue weighted by Crippen LogP contribution is -2.38. The van der Waals surface area contributed by atoms with E-state index in [0.717, 1.165) is 10.0 Å². The zero-order valence-corrected chi connectivity index (χ0v) is 12.4. The second-order valence-corrected chi connectivity index (χ2v) is 6.04. The molecular weight excluding hydrogens is 319 g/mol. The third-order valence-electron chi connectivity index (χ3n) is 3.65. The van der Waals surface area contributed by atoms with Gasteiger partial charge in [-0.05, 0) is 50.0 Å². The molecule has 0 N–H and O–H groups in total. The Bertz CT molecular complexity index is 437. The third-order valence-corrected chi connectivity index (χ3v) is 4.39. The number of piperidine rings is 1. The molecule has 0 unspecified atom stereocenters. The van der Waals surface area contributed by atoms with Crippen LogP contribution in [0.4, 0.5) is 13.2 Å². The molecule has 0 amide bonds. The van der Waals surface area contributed by atoms with Gasteiger partial charge in [0.25, 0.3) is 0 Å². The van der Waals surface area contributed by atoms with Gasteiger partial charge in [0.1, 0.15) is 0 Å². The Morgan fingerprint density at radius 2 is 1.89 bits per heavy atom. The van der Waals surface area contributed by atoms with Crippen LogP contribution in [0.5, 0.6) is 0 Å². The van der Waals surface area contributed by atoms with E-state index in [-0.39, 0.29) is 12.8 Å². The Hall–Kier alpha value is -0.550. The number of halogens is 4. The Morgan fingerprint density at radius 3 is 2.42 bits per heavy atom. The Balaban J connectivity index is 1.92. The molecule has 1 saturated heterocycles. The van der Waals surface area contributed by atoms with Gasteiger partial charge >= 0.3 is 6.18 Å². The quantitative estimate of drug-likeness (QED) is 0.767. The molecular formula is C14H17BrF3N. The monoisotopic (exact) mass is 335 g/mol. The molecule has 2 rings (SSSR count). The topological polar surface area (TPSA) is 3.24 Å². The molecule has 1 heterocycles. The van der Waals surface area contributed by atoms with Crippen LogP contribution in [0.15, 0.2) is 22.7 Å². The van der Waals surface area contributed by atoms with E-state index in [1.54, 1.807) is 0 Å². The number of hydrogen-bond acceptors (Lipinski definition) is 1. The van der Waals surface area contributed by atoms with Gasteiger partial charge in [-0.1, -0.05) is 28.1 Å². The van der Waals surface area contributed by atoms with Crippen molar-refractivity contribution in [3.05, 3.63) is 33.8 Å². The highest BCUT2D eigenvalue weighted by atomic mass is 79.9. The molecule has 1 aromatic carbocycles. The summed E-state index contributed by atoms with van der Waals surface area (Å²) in [7, 11) is 0. The van der Waals surface area contributed by atoms with Gasteiger partial charge in [0.2, 0.25) is 0 Å². The first-order chi connectivity index (χ1) is 8.86. The van der Waals surface area contributed by atoms with Gasteiger partial charge in [-0.25, -0.2) is 0 Å². The molecule has 0 bridgehead atoms. The van der Waals surface area contributed by atoms with Gasteiger partial charge in [0.15, 0.2) is 0 Å². The Morgan fingerprint density at radius 1 is 1.26 bits per heavy atom. The molecule has 1 aromatic rings. The van der Waals surface area contributed by atoms with Crippen molar-refractivity contribution < 1.29 is 13.2 Å². The first-order valence-electron chi connectivity index (χ1n) is 6.40. The second kappa shape index (κ2) is 5.83. The number of benzene rings is 1. The molecule has 106 valence electrons. The number of aryl methyl sites for hydroxylation is 1. The van der Waals surface area contributed by atoms with Crippen molar-refractivity contribution in [2.24, 2.45) is 5.92 Å². The van der Waals surface area contributed by atoms with Crippen LogP contribution >= 0.6 is 15.9 Å². The van der Waals surface area contributed by atoms with E-state index >= 15 is 0 Å². The van der Waals surface area contributed by atoms with Gasteiger partial charge in [-0.3, -0.25) is 4.90 Å². The zero-order chi connectivity index (χ0) is 14.0. The van der Waals surface area contributed by atoms with Crippen molar-refractivity contribution in [3.63, 3.8) is 0 Å². The molecule has 19 heavy (non-hydrogen) atoms. The fraction of sp³-hybridized carbons (Fsp3) is 0.571. The summed E-state index contributed by atoms with van der Waals surface area (Å²) in [5.41, 5.74) is 2.31. The first-order valence-corrected chi connectivity index (χ1v) is 7.19. The van der Waals surface area contributed by atoms with Crippen molar-refractivity contribution in [2.45, 2.75) is 32.5 Å². The summed E-state index contributed by atoms with van der Waals surface area (Å²) in [6.07, 6.45) is -3.60. The lowest BCUT2D eigenvalue weighted by atomic mass is 9.96. The normalized spacial score (nSPS) is 18.8. The molecule has 0 atom stereocenters. The van der Waals surface area contributed by atoms with Crippen LogP contribution in [0, 0.1) is 12.8 Å². The van der Waals surface area contributed by atoms with Gasteiger partial charge in [-0.2, -0.15) is 13.2 Å². The number of alkyl halides is 3. The SMILES string of the molecule is Cc1ccc(CN2CCC(C(F)(F)F)CC2)c(Br)c1. The van der Waals surface area contributed by atoms with Crippen LogP contribution < -0.4 is 0 Å². The van der Waals surface area contributed by atoms with Gasteiger partial charge < -0.3 is 0 Å². The second-order valence-electron chi connectivity index (χ2n) is 5.19. The maximum absolute atomic E-state index is 12.6. The third kappa shape index (κ3) is 3.96. The van der Waals surface area contributed by atoms with E-state index in [9.17, 15) is 13.2 Å². The fourth-order valence-electron chi connectivity index (χ4n) is 2.44. The maximum atomic E-state index is 12.6. The van der Waals surface area contributed by atoms with Crippen LogP contribution in [-0.4, -0.2) is 24.2 Å². The van der Waals surface area contributed by atoms with Crippen molar-refractivity contribution >= 4 is 15.9 Å². The number of rotatable bonds is 2. The van der Waals surface area contributed by atoms with Crippen LogP contribution in [0.3, 0.4) is 0 Å². The average molecular weight is 336 g/mol. The summed E-state index contributed by atoms with van der Waals surface area (Å²) >= 11 is 3.51. The average Bonchev–Trinajstić information content (AvgIpc) is 2.32. The summed E-state index contributed by atoms with van der Waals surface area (Å²) < 4.78 is 38.8. The standard InChI is InChI=1S/C14H17BrF3N/c1-10-2-3-11(13(15)8-10)9-19-6-4-12(5-7-19)14(16,17)18/h2-3,8,12H,4-7,9H2,1H3. The highest BCUT2D eigenvalue weighted by Gasteiger charge is 2.40. The van der Waals surface area contributed by atoms with E-state index < -0.39 is 12.1 Å². The molecule has 1 aliphatic rings. The maximum Gasteiger partial charge on any atom is 0.391 e. The predicted octanol–water partition coefficient (Wildman–Crippen LogP) is 4.53. The van der Waals surface area contributed by atoms with Crippen LogP contribution in [0.2, 0.25) is 0 Å². The molecule has 0 saturated carbocycles. The van der Waals surface area contributed by atoms with E-state index in [1.807, 2.05) is 25.1 Å². The summed E-state index contributed by atoms with van der Waals surface area (Å²) in [4.78, 5) is 2.09. The van der Waals surface area contributed by atoms with E-state index in [0.29, 0.717) is 19.6 Å². The molecule has 0 aromatic heterocycles. The van der Waals surface area contributed by atoms with Crippen molar-refractivity contribution in [1.82, 2.24) is 4.90 Å². The zero-order valence-electron chi connectivity index (χ0n) is 10.8.